The monoisotopic (exact) mass is 336 g/mol. The molecule has 0 aromatic heterocycles. The second kappa shape index (κ2) is 6.61. The lowest BCUT2D eigenvalue weighted by Gasteiger charge is -2.30. The van der Waals surface area contributed by atoms with E-state index in [1.54, 1.807) is 4.31 Å². The summed E-state index contributed by atoms with van der Waals surface area (Å²) in [5.41, 5.74) is 1.84. The van der Waals surface area contributed by atoms with Crippen LogP contribution >= 0.6 is 0 Å². The van der Waals surface area contributed by atoms with Crippen LogP contribution in [-0.4, -0.2) is 37.8 Å². The number of sulfonamides is 1. The van der Waals surface area contributed by atoms with Gasteiger partial charge in [0.15, 0.2) is 0 Å². The van der Waals surface area contributed by atoms with Gasteiger partial charge < -0.3 is 5.32 Å². The summed E-state index contributed by atoms with van der Waals surface area (Å²) >= 11 is 0. The van der Waals surface area contributed by atoms with Crippen molar-refractivity contribution in [1.29, 1.82) is 0 Å². The molecule has 5 nitrogen and oxygen atoms in total. The average Bonchev–Trinajstić information content (AvgIpc) is 3.33. The number of benzene rings is 1. The van der Waals surface area contributed by atoms with Crippen molar-refractivity contribution in [3.05, 3.63) is 35.4 Å². The minimum absolute atomic E-state index is 0.0403. The first-order valence-corrected chi connectivity index (χ1v) is 9.89. The summed E-state index contributed by atoms with van der Waals surface area (Å²) < 4.78 is 26.7. The topological polar surface area (TPSA) is 66.5 Å². The molecule has 126 valence electrons. The minimum atomic E-state index is -3.32. The van der Waals surface area contributed by atoms with Crippen molar-refractivity contribution in [3.63, 3.8) is 0 Å². The van der Waals surface area contributed by atoms with Crippen LogP contribution in [0.1, 0.15) is 36.8 Å². The van der Waals surface area contributed by atoms with E-state index in [1.807, 2.05) is 31.2 Å². The molecule has 6 heteroatoms. The van der Waals surface area contributed by atoms with Crippen molar-refractivity contribution >= 4 is 15.9 Å². The lowest BCUT2D eigenvalue weighted by atomic mass is 9.97. The van der Waals surface area contributed by atoms with E-state index in [2.05, 4.69) is 5.32 Å². The van der Waals surface area contributed by atoms with E-state index in [4.69, 9.17) is 0 Å². The van der Waals surface area contributed by atoms with E-state index in [0.29, 0.717) is 32.0 Å². The maximum absolute atomic E-state index is 12.6. The number of carbonyl (C=O) groups excluding carboxylic acids is 1. The van der Waals surface area contributed by atoms with Gasteiger partial charge in [0.05, 0.1) is 5.75 Å². The molecule has 23 heavy (non-hydrogen) atoms. The van der Waals surface area contributed by atoms with E-state index in [-0.39, 0.29) is 17.6 Å². The number of nitrogens with one attached hydrogen (secondary N) is 1. The van der Waals surface area contributed by atoms with Crippen LogP contribution in [0.2, 0.25) is 0 Å². The summed E-state index contributed by atoms with van der Waals surface area (Å²) in [7, 11) is -3.32. The molecule has 0 unspecified atom stereocenters. The first kappa shape index (κ1) is 16.5. The third-order valence-corrected chi connectivity index (χ3v) is 6.57. The summed E-state index contributed by atoms with van der Waals surface area (Å²) in [5.74, 6) is 0.0995. The van der Waals surface area contributed by atoms with E-state index in [9.17, 15) is 13.2 Å². The standard InChI is InChI=1S/C17H24N2O3S/c1-13-4-2-3-5-15(13)12-23(21,22)19-10-8-14(9-11-19)17(20)18-16-6-7-16/h2-5,14,16H,6-12H2,1H3,(H,18,20). The van der Waals surface area contributed by atoms with Crippen molar-refractivity contribution < 1.29 is 13.2 Å². The molecule has 0 spiro atoms. The molecule has 1 aliphatic carbocycles. The molecule has 1 aromatic carbocycles. The van der Waals surface area contributed by atoms with Crippen LogP contribution in [0.25, 0.3) is 0 Å². The van der Waals surface area contributed by atoms with Crippen LogP contribution in [0.5, 0.6) is 0 Å². The third kappa shape index (κ3) is 4.12. The first-order chi connectivity index (χ1) is 11.0. The fraction of sp³-hybridized carbons (Fsp3) is 0.588. The minimum Gasteiger partial charge on any atom is -0.353 e. The molecule has 0 atom stereocenters. The van der Waals surface area contributed by atoms with E-state index in [1.165, 1.54) is 0 Å². The molecular formula is C17H24N2O3S. The van der Waals surface area contributed by atoms with Gasteiger partial charge in [-0.3, -0.25) is 4.79 Å². The van der Waals surface area contributed by atoms with Crippen molar-refractivity contribution in [2.75, 3.05) is 13.1 Å². The molecule has 1 amide bonds. The second-order valence-electron chi connectivity index (χ2n) is 6.64. The van der Waals surface area contributed by atoms with Gasteiger partial charge in [0.1, 0.15) is 0 Å². The summed E-state index contributed by atoms with van der Waals surface area (Å²) in [6, 6.07) is 7.94. The highest BCUT2D eigenvalue weighted by Gasteiger charge is 2.33. The van der Waals surface area contributed by atoms with Crippen LogP contribution in [0.4, 0.5) is 0 Å². The summed E-state index contributed by atoms with van der Waals surface area (Å²) in [5, 5.41) is 3.02. The van der Waals surface area contributed by atoms with Crippen LogP contribution in [0, 0.1) is 12.8 Å². The Kier molecular flexibility index (Phi) is 4.73. The molecular weight excluding hydrogens is 312 g/mol. The molecule has 2 fully saturated rings. The Morgan fingerprint density at radius 3 is 2.43 bits per heavy atom. The Morgan fingerprint density at radius 1 is 1.17 bits per heavy atom. The quantitative estimate of drug-likeness (QED) is 0.892. The number of aryl methyl sites for hydroxylation is 1. The number of carbonyl (C=O) groups is 1. The Morgan fingerprint density at radius 2 is 1.83 bits per heavy atom. The number of piperidine rings is 1. The molecule has 1 saturated heterocycles. The van der Waals surface area contributed by atoms with Gasteiger partial charge in [0.2, 0.25) is 15.9 Å². The molecule has 0 radical (unpaired) electrons. The molecule has 2 aliphatic rings. The summed E-state index contributed by atoms with van der Waals surface area (Å²) in [6.45, 7) is 2.81. The Balaban J connectivity index is 1.57. The number of hydrogen-bond acceptors (Lipinski definition) is 3. The number of rotatable bonds is 5. The zero-order valence-corrected chi connectivity index (χ0v) is 14.3. The van der Waals surface area contributed by atoms with Gasteiger partial charge in [-0.25, -0.2) is 12.7 Å². The first-order valence-electron chi connectivity index (χ1n) is 8.28. The SMILES string of the molecule is Cc1ccccc1CS(=O)(=O)N1CCC(C(=O)NC2CC2)CC1. The number of hydrogen-bond donors (Lipinski definition) is 1. The highest BCUT2D eigenvalue weighted by Crippen LogP contribution is 2.25. The molecule has 1 aromatic rings. The van der Waals surface area contributed by atoms with Gasteiger partial charge in [0.25, 0.3) is 0 Å². The van der Waals surface area contributed by atoms with E-state index in [0.717, 1.165) is 24.0 Å². The number of nitrogens with zero attached hydrogens (tertiary/aromatic N) is 1. The van der Waals surface area contributed by atoms with Gasteiger partial charge in [-0.05, 0) is 43.7 Å². The smallest absolute Gasteiger partial charge is 0.223 e. The average molecular weight is 336 g/mol. The predicted molar refractivity (Wildman–Crippen MR) is 89.3 cm³/mol. The largest absolute Gasteiger partial charge is 0.353 e. The number of amides is 1. The highest BCUT2D eigenvalue weighted by molar-refractivity contribution is 7.88. The third-order valence-electron chi connectivity index (χ3n) is 4.74. The predicted octanol–water partition coefficient (Wildman–Crippen LogP) is 1.82. The molecule has 1 aliphatic heterocycles. The second-order valence-corrected chi connectivity index (χ2v) is 8.61. The van der Waals surface area contributed by atoms with Crippen molar-refractivity contribution in [2.24, 2.45) is 5.92 Å². The molecule has 0 bridgehead atoms. The van der Waals surface area contributed by atoms with Gasteiger partial charge in [-0.2, -0.15) is 0 Å². The molecule has 3 rings (SSSR count). The maximum atomic E-state index is 12.6. The zero-order chi connectivity index (χ0) is 16.4. The van der Waals surface area contributed by atoms with Crippen LogP contribution in [-0.2, 0) is 20.6 Å². The van der Waals surface area contributed by atoms with Gasteiger partial charge in [0, 0.05) is 25.0 Å². The van der Waals surface area contributed by atoms with E-state index >= 15 is 0 Å². The van der Waals surface area contributed by atoms with E-state index < -0.39 is 10.0 Å². The molecule has 1 N–H and O–H groups in total. The van der Waals surface area contributed by atoms with Crippen LogP contribution < -0.4 is 5.32 Å². The maximum Gasteiger partial charge on any atom is 0.223 e. The summed E-state index contributed by atoms with van der Waals surface area (Å²) in [6.07, 6.45) is 3.39. The molecule has 1 saturated carbocycles. The Labute approximate surface area is 138 Å². The zero-order valence-electron chi connectivity index (χ0n) is 13.5. The fourth-order valence-electron chi connectivity index (χ4n) is 3.00. The lowest BCUT2D eigenvalue weighted by molar-refractivity contribution is -0.126. The van der Waals surface area contributed by atoms with Crippen molar-refractivity contribution in [1.82, 2.24) is 9.62 Å². The molecule has 1 heterocycles. The van der Waals surface area contributed by atoms with Crippen molar-refractivity contribution in [2.45, 2.75) is 44.4 Å². The Hall–Kier alpha value is -1.40. The van der Waals surface area contributed by atoms with Crippen LogP contribution in [0.3, 0.4) is 0 Å². The van der Waals surface area contributed by atoms with Gasteiger partial charge in [-0.1, -0.05) is 24.3 Å². The van der Waals surface area contributed by atoms with Gasteiger partial charge >= 0.3 is 0 Å². The normalized spacial score (nSPS) is 20.4. The Bertz CT molecular complexity index is 675. The van der Waals surface area contributed by atoms with Gasteiger partial charge in [-0.15, -0.1) is 0 Å². The summed E-state index contributed by atoms with van der Waals surface area (Å²) in [4.78, 5) is 12.1. The fourth-order valence-corrected chi connectivity index (χ4v) is 4.67. The van der Waals surface area contributed by atoms with Crippen LogP contribution in [0.15, 0.2) is 24.3 Å². The van der Waals surface area contributed by atoms with Crippen molar-refractivity contribution in [3.8, 4) is 0 Å². The lowest BCUT2D eigenvalue weighted by Crippen LogP contribution is -2.43. The highest BCUT2D eigenvalue weighted by atomic mass is 32.2.